The maximum absolute atomic E-state index is 11.2. The smallest absolute Gasteiger partial charge is 0.331 e. The first-order valence-corrected chi connectivity index (χ1v) is 5.28. The normalized spacial score (nSPS) is 24.9. The minimum atomic E-state index is -0.639. The van der Waals surface area contributed by atoms with Gasteiger partial charge in [-0.1, -0.05) is 6.08 Å². The zero-order valence-corrected chi connectivity index (χ0v) is 9.92. The van der Waals surface area contributed by atoms with Crippen molar-refractivity contribution in [2.75, 3.05) is 7.11 Å². The quantitative estimate of drug-likeness (QED) is 0.529. The van der Waals surface area contributed by atoms with E-state index in [0.29, 0.717) is 6.42 Å². The third-order valence-corrected chi connectivity index (χ3v) is 2.35. The van der Waals surface area contributed by atoms with Gasteiger partial charge in [0.15, 0.2) is 6.10 Å². The Morgan fingerprint density at radius 1 is 1.71 bits per heavy atom. The Morgan fingerprint density at radius 2 is 2.41 bits per heavy atom. The molecule has 0 aliphatic carbocycles. The molecule has 0 amide bonds. The first kappa shape index (κ1) is 13.4. The molecule has 17 heavy (non-hydrogen) atoms. The van der Waals surface area contributed by atoms with Gasteiger partial charge < -0.3 is 14.2 Å². The highest BCUT2D eigenvalue weighted by Crippen LogP contribution is 2.20. The van der Waals surface area contributed by atoms with Crippen LogP contribution in [-0.2, 0) is 23.8 Å². The van der Waals surface area contributed by atoms with E-state index in [-0.39, 0.29) is 0 Å². The van der Waals surface area contributed by atoms with Crippen LogP contribution in [0.25, 0.3) is 0 Å². The monoisotopic (exact) mass is 240 g/mol. The van der Waals surface area contributed by atoms with Gasteiger partial charge in [-0.3, -0.25) is 4.79 Å². The Bertz CT molecular complexity index is 334. The molecule has 1 aliphatic rings. The van der Waals surface area contributed by atoms with Crippen LogP contribution in [0.1, 0.15) is 13.3 Å². The Labute approximate surface area is 100 Å². The van der Waals surface area contributed by atoms with E-state index in [9.17, 15) is 9.59 Å². The number of rotatable bonds is 5. The number of cyclic esters (lactones) is 1. The van der Waals surface area contributed by atoms with Crippen molar-refractivity contribution in [1.29, 1.82) is 0 Å². The van der Waals surface area contributed by atoms with Crippen molar-refractivity contribution >= 4 is 11.9 Å². The molecule has 1 rings (SSSR count). The Balaban J connectivity index is 2.82. The van der Waals surface area contributed by atoms with E-state index in [1.54, 1.807) is 12.2 Å². The van der Waals surface area contributed by atoms with Crippen LogP contribution in [0.3, 0.4) is 0 Å². The zero-order chi connectivity index (χ0) is 12.8. The first-order chi connectivity index (χ1) is 8.08. The average Bonchev–Trinajstić information content (AvgIpc) is 2.28. The molecule has 1 aliphatic heterocycles. The van der Waals surface area contributed by atoms with E-state index in [1.807, 2.05) is 0 Å². The van der Waals surface area contributed by atoms with Crippen LogP contribution < -0.4 is 0 Å². The molecule has 3 atom stereocenters. The highest BCUT2D eigenvalue weighted by atomic mass is 16.6. The molecule has 0 saturated heterocycles. The molecule has 0 N–H and O–H groups in total. The standard InChI is InChI=1S/C12H16O5/c1-4-5-10(16-8(2)13)12-9(15-3)6-7-11(14)17-12/h4,6-7,9-10,12H,1,5H2,2-3H3/t9-,10+,12-/m0/s1. The number of esters is 2. The van der Waals surface area contributed by atoms with E-state index in [1.165, 1.54) is 20.1 Å². The minimum absolute atomic E-state index is 0.394. The molecule has 0 aromatic rings. The van der Waals surface area contributed by atoms with Crippen LogP contribution in [0.15, 0.2) is 24.8 Å². The summed E-state index contributed by atoms with van der Waals surface area (Å²) in [5, 5.41) is 0. The lowest BCUT2D eigenvalue weighted by Gasteiger charge is -2.31. The largest absolute Gasteiger partial charge is 0.458 e. The highest BCUT2D eigenvalue weighted by molar-refractivity contribution is 5.83. The lowest BCUT2D eigenvalue weighted by molar-refractivity contribution is -0.173. The number of hydrogen-bond donors (Lipinski definition) is 0. The molecule has 5 nitrogen and oxygen atoms in total. The third kappa shape index (κ3) is 3.71. The zero-order valence-electron chi connectivity index (χ0n) is 9.92. The summed E-state index contributed by atoms with van der Waals surface area (Å²) in [5.41, 5.74) is 0. The minimum Gasteiger partial charge on any atom is -0.458 e. The van der Waals surface area contributed by atoms with Gasteiger partial charge in [0.2, 0.25) is 0 Å². The summed E-state index contributed by atoms with van der Waals surface area (Å²) >= 11 is 0. The predicted molar refractivity (Wildman–Crippen MR) is 60.2 cm³/mol. The highest BCUT2D eigenvalue weighted by Gasteiger charge is 2.35. The van der Waals surface area contributed by atoms with Crippen molar-refractivity contribution < 1.29 is 23.8 Å². The van der Waals surface area contributed by atoms with Crippen molar-refractivity contribution in [3.05, 3.63) is 24.8 Å². The van der Waals surface area contributed by atoms with Crippen LogP contribution in [0.5, 0.6) is 0 Å². The van der Waals surface area contributed by atoms with Gasteiger partial charge in [0, 0.05) is 26.5 Å². The number of methoxy groups -OCH3 is 1. The van der Waals surface area contributed by atoms with Gasteiger partial charge in [-0.05, 0) is 6.08 Å². The molecular weight excluding hydrogens is 224 g/mol. The second-order valence-corrected chi connectivity index (χ2v) is 3.63. The molecule has 0 radical (unpaired) electrons. The van der Waals surface area contributed by atoms with Crippen LogP contribution in [0.4, 0.5) is 0 Å². The van der Waals surface area contributed by atoms with E-state index in [4.69, 9.17) is 14.2 Å². The maximum Gasteiger partial charge on any atom is 0.331 e. The van der Waals surface area contributed by atoms with Gasteiger partial charge >= 0.3 is 11.9 Å². The number of carbonyl (C=O) groups excluding carboxylic acids is 2. The molecule has 5 heteroatoms. The van der Waals surface area contributed by atoms with Crippen molar-refractivity contribution in [3.8, 4) is 0 Å². The molecular formula is C12H16O5. The summed E-state index contributed by atoms with van der Waals surface area (Å²) in [6.45, 7) is 4.89. The van der Waals surface area contributed by atoms with E-state index in [0.717, 1.165) is 0 Å². The van der Waals surface area contributed by atoms with Gasteiger partial charge in [0.25, 0.3) is 0 Å². The Kier molecular flexibility index (Phi) is 4.90. The van der Waals surface area contributed by atoms with Gasteiger partial charge in [0.1, 0.15) is 12.2 Å². The lowest BCUT2D eigenvalue weighted by Crippen LogP contribution is -2.45. The second kappa shape index (κ2) is 6.20. The van der Waals surface area contributed by atoms with Crippen LogP contribution in [-0.4, -0.2) is 37.4 Å². The Hall–Kier alpha value is -1.62. The van der Waals surface area contributed by atoms with Gasteiger partial charge in [-0.25, -0.2) is 4.79 Å². The van der Waals surface area contributed by atoms with E-state index >= 15 is 0 Å². The summed E-state index contributed by atoms with van der Waals surface area (Å²) in [6.07, 6.45) is 3.25. The first-order valence-electron chi connectivity index (χ1n) is 5.28. The SMILES string of the molecule is C=CC[C@@H](OC(C)=O)[C@H]1OC(=O)C=C[C@@H]1OC. The lowest BCUT2D eigenvalue weighted by atomic mass is 10.0. The molecule has 0 fully saturated rings. The van der Waals surface area contributed by atoms with Crippen LogP contribution >= 0.6 is 0 Å². The molecule has 94 valence electrons. The maximum atomic E-state index is 11.2. The van der Waals surface area contributed by atoms with Crippen molar-refractivity contribution in [2.45, 2.75) is 31.7 Å². The fourth-order valence-electron chi connectivity index (χ4n) is 1.65. The van der Waals surface area contributed by atoms with Crippen LogP contribution in [0.2, 0.25) is 0 Å². The van der Waals surface area contributed by atoms with Crippen LogP contribution in [0, 0.1) is 0 Å². The van der Waals surface area contributed by atoms with Crippen molar-refractivity contribution in [2.24, 2.45) is 0 Å². The van der Waals surface area contributed by atoms with Gasteiger partial charge in [0.05, 0.1) is 0 Å². The fourth-order valence-corrected chi connectivity index (χ4v) is 1.65. The van der Waals surface area contributed by atoms with Gasteiger partial charge in [-0.2, -0.15) is 0 Å². The fraction of sp³-hybridized carbons (Fsp3) is 0.500. The number of hydrogen-bond acceptors (Lipinski definition) is 5. The average molecular weight is 240 g/mol. The molecule has 0 unspecified atom stereocenters. The summed E-state index contributed by atoms with van der Waals surface area (Å²) < 4.78 is 15.4. The van der Waals surface area contributed by atoms with Crippen molar-refractivity contribution in [1.82, 2.24) is 0 Å². The summed E-state index contributed by atoms with van der Waals surface area (Å²) in [7, 11) is 1.50. The molecule has 0 saturated carbocycles. The molecule has 0 aromatic heterocycles. The summed E-state index contributed by atoms with van der Waals surface area (Å²) in [6, 6.07) is 0. The second-order valence-electron chi connectivity index (χ2n) is 3.63. The van der Waals surface area contributed by atoms with E-state index < -0.39 is 30.3 Å². The number of carbonyl (C=O) groups is 2. The molecule has 0 bridgehead atoms. The summed E-state index contributed by atoms with van der Waals surface area (Å²) in [4.78, 5) is 22.2. The predicted octanol–water partition coefficient (Wildman–Crippen LogP) is 0.991. The molecule has 1 heterocycles. The molecule has 0 aromatic carbocycles. The third-order valence-electron chi connectivity index (χ3n) is 2.35. The Morgan fingerprint density at radius 3 is 2.94 bits per heavy atom. The number of ether oxygens (including phenoxy) is 3. The van der Waals surface area contributed by atoms with Gasteiger partial charge in [-0.15, -0.1) is 6.58 Å². The topological polar surface area (TPSA) is 61.8 Å². The van der Waals surface area contributed by atoms with Crippen molar-refractivity contribution in [3.63, 3.8) is 0 Å². The van der Waals surface area contributed by atoms with E-state index in [2.05, 4.69) is 6.58 Å². The molecule has 0 spiro atoms. The summed E-state index contributed by atoms with van der Waals surface area (Å²) in [5.74, 6) is -0.901.